The van der Waals surface area contributed by atoms with E-state index in [1.54, 1.807) is 30.3 Å². The number of benzene rings is 1. The Morgan fingerprint density at radius 2 is 1.81 bits per heavy atom. The number of hydrogen-bond acceptors (Lipinski definition) is 3. The van der Waals surface area contributed by atoms with Gasteiger partial charge in [-0.1, -0.05) is 36.4 Å². The van der Waals surface area contributed by atoms with Crippen LogP contribution in [0.15, 0.2) is 53.3 Å². The van der Waals surface area contributed by atoms with Gasteiger partial charge in [-0.15, -0.1) is 0 Å². The monoisotopic (exact) mass is 286 g/mol. The van der Waals surface area contributed by atoms with Crippen molar-refractivity contribution >= 4 is 11.9 Å². The Bertz CT molecular complexity index is 694. The van der Waals surface area contributed by atoms with Crippen molar-refractivity contribution in [3.63, 3.8) is 0 Å². The van der Waals surface area contributed by atoms with Crippen molar-refractivity contribution in [3.8, 4) is 0 Å². The summed E-state index contributed by atoms with van der Waals surface area (Å²) in [6, 6.07) is 12.4. The van der Waals surface area contributed by atoms with Crippen LogP contribution in [0.2, 0.25) is 0 Å². The zero-order valence-electron chi connectivity index (χ0n) is 11.1. The largest absolute Gasteiger partial charge is 0.481 e. The van der Waals surface area contributed by atoms with Gasteiger partial charge < -0.3 is 15.4 Å². The molecule has 1 amide bonds. The molecule has 0 aliphatic heterocycles. The van der Waals surface area contributed by atoms with E-state index in [1.165, 1.54) is 18.2 Å². The molecule has 2 rings (SSSR count). The maximum atomic E-state index is 12.1. The molecule has 108 valence electrons. The van der Waals surface area contributed by atoms with Crippen LogP contribution in [0.3, 0.4) is 0 Å². The highest BCUT2D eigenvalue weighted by Gasteiger charge is 2.19. The summed E-state index contributed by atoms with van der Waals surface area (Å²) in [7, 11) is 0. The van der Waals surface area contributed by atoms with E-state index >= 15 is 0 Å². The number of aliphatic carboxylic acids is 1. The summed E-state index contributed by atoms with van der Waals surface area (Å²) < 4.78 is 0. The minimum atomic E-state index is -1.02. The number of H-pyrrole nitrogens is 1. The molecule has 0 bridgehead atoms. The molecule has 1 atom stereocenters. The van der Waals surface area contributed by atoms with Crippen LogP contribution in [0.25, 0.3) is 0 Å². The number of pyridine rings is 1. The molecule has 0 saturated carbocycles. The number of carboxylic acids is 1. The van der Waals surface area contributed by atoms with E-state index in [4.69, 9.17) is 5.11 Å². The van der Waals surface area contributed by atoms with Crippen LogP contribution in [0.5, 0.6) is 0 Å². The van der Waals surface area contributed by atoms with Crippen molar-refractivity contribution in [1.82, 2.24) is 10.3 Å². The summed E-state index contributed by atoms with van der Waals surface area (Å²) in [6.45, 7) is 0. The zero-order chi connectivity index (χ0) is 15.2. The number of carbonyl (C=O) groups is 2. The fraction of sp³-hybridized carbons (Fsp3) is 0.133. The van der Waals surface area contributed by atoms with Gasteiger partial charge in [0.1, 0.15) is 5.69 Å². The van der Waals surface area contributed by atoms with Crippen LogP contribution in [0.4, 0.5) is 0 Å². The normalized spacial score (nSPS) is 11.6. The minimum Gasteiger partial charge on any atom is -0.481 e. The number of rotatable bonds is 5. The smallest absolute Gasteiger partial charge is 0.305 e. The summed E-state index contributed by atoms with van der Waals surface area (Å²) in [5, 5.41) is 11.6. The van der Waals surface area contributed by atoms with Gasteiger partial charge in [0.05, 0.1) is 12.5 Å². The lowest BCUT2D eigenvalue weighted by atomic mass is 10.0. The fourth-order valence-electron chi connectivity index (χ4n) is 1.93. The summed E-state index contributed by atoms with van der Waals surface area (Å²) >= 11 is 0. The highest BCUT2D eigenvalue weighted by atomic mass is 16.4. The van der Waals surface area contributed by atoms with Gasteiger partial charge in [-0.25, -0.2) is 0 Å². The fourth-order valence-corrected chi connectivity index (χ4v) is 1.93. The molecule has 0 aliphatic carbocycles. The van der Waals surface area contributed by atoms with Gasteiger partial charge in [0.25, 0.3) is 5.91 Å². The van der Waals surface area contributed by atoms with Crippen LogP contribution < -0.4 is 10.9 Å². The Balaban J connectivity index is 2.21. The van der Waals surface area contributed by atoms with Gasteiger partial charge in [-0.05, 0) is 11.6 Å². The SMILES string of the molecule is O=C(O)CC(NC(=O)c1cccc(=O)[nH]1)c1ccccc1. The number of aromatic amines is 1. The maximum Gasteiger partial charge on any atom is 0.305 e. The van der Waals surface area contributed by atoms with Crippen LogP contribution in [0, 0.1) is 0 Å². The number of carbonyl (C=O) groups excluding carboxylic acids is 1. The molecule has 0 aliphatic rings. The Morgan fingerprint density at radius 1 is 1.10 bits per heavy atom. The first-order valence-electron chi connectivity index (χ1n) is 6.33. The molecule has 1 aromatic carbocycles. The van der Waals surface area contributed by atoms with E-state index < -0.39 is 23.5 Å². The average molecular weight is 286 g/mol. The van der Waals surface area contributed by atoms with Gasteiger partial charge in [-0.3, -0.25) is 14.4 Å². The first-order chi connectivity index (χ1) is 10.1. The van der Waals surface area contributed by atoms with E-state index in [0.717, 1.165) is 0 Å². The topological polar surface area (TPSA) is 99.3 Å². The molecule has 6 heteroatoms. The van der Waals surface area contributed by atoms with Crippen molar-refractivity contribution in [2.24, 2.45) is 0 Å². The van der Waals surface area contributed by atoms with Crippen LogP contribution in [-0.4, -0.2) is 22.0 Å². The molecule has 1 unspecified atom stereocenters. The lowest BCUT2D eigenvalue weighted by Gasteiger charge is -2.17. The lowest BCUT2D eigenvalue weighted by molar-refractivity contribution is -0.137. The second-order valence-corrected chi connectivity index (χ2v) is 4.46. The Kier molecular flexibility index (Phi) is 4.50. The number of hydrogen-bond donors (Lipinski definition) is 3. The van der Waals surface area contributed by atoms with Gasteiger partial charge in [0, 0.05) is 6.07 Å². The maximum absolute atomic E-state index is 12.1. The molecule has 0 radical (unpaired) electrons. The zero-order valence-corrected chi connectivity index (χ0v) is 11.1. The average Bonchev–Trinajstić information content (AvgIpc) is 2.47. The van der Waals surface area contributed by atoms with Gasteiger partial charge in [-0.2, -0.15) is 0 Å². The second-order valence-electron chi connectivity index (χ2n) is 4.46. The van der Waals surface area contributed by atoms with E-state index in [1.807, 2.05) is 0 Å². The molecule has 1 aromatic heterocycles. The number of carboxylic acid groups (broad SMARTS) is 1. The molecule has 3 N–H and O–H groups in total. The molecular formula is C15H14N2O4. The minimum absolute atomic E-state index is 0.0915. The third-order valence-electron chi connectivity index (χ3n) is 2.90. The molecule has 1 heterocycles. The quantitative estimate of drug-likeness (QED) is 0.771. The third kappa shape index (κ3) is 4.04. The highest BCUT2D eigenvalue weighted by molar-refractivity contribution is 5.92. The molecule has 2 aromatic rings. The number of aromatic nitrogens is 1. The summed E-state index contributed by atoms with van der Waals surface area (Å²) in [6.07, 6.45) is -0.243. The van der Waals surface area contributed by atoms with Crippen molar-refractivity contribution in [3.05, 3.63) is 70.1 Å². The Labute approximate surface area is 120 Å². The van der Waals surface area contributed by atoms with E-state index in [0.29, 0.717) is 5.56 Å². The van der Waals surface area contributed by atoms with Gasteiger partial charge in [0.2, 0.25) is 5.56 Å². The lowest BCUT2D eigenvalue weighted by Crippen LogP contribution is -2.31. The second kappa shape index (κ2) is 6.51. The summed E-state index contributed by atoms with van der Waals surface area (Å²) in [4.78, 5) is 36.6. The molecule has 6 nitrogen and oxygen atoms in total. The van der Waals surface area contributed by atoms with Crippen LogP contribution in [0.1, 0.15) is 28.5 Å². The van der Waals surface area contributed by atoms with Crippen LogP contribution >= 0.6 is 0 Å². The Hall–Kier alpha value is -2.89. The van der Waals surface area contributed by atoms with Gasteiger partial charge in [0.15, 0.2) is 0 Å². The van der Waals surface area contributed by atoms with Gasteiger partial charge >= 0.3 is 5.97 Å². The predicted octanol–water partition coefficient (Wildman–Crippen LogP) is 1.32. The number of nitrogens with one attached hydrogen (secondary N) is 2. The third-order valence-corrected chi connectivity index (χ3v) is 2.90. The molecule has 21 heavy (non-hydrogen) atoms. The van der Waals surface area contributed by atoms with Crippen molar-refractivity contribution in [2.75, 3.05) is 0 Å². The molecule has 0 spiro atoms. The van der Waals surface area contributed by atoms with Crippen LogP contribution in [-0.2, 0) is 4.79 Å². The first kappa shape index (κ1) is 14.5. The van der Waals surface area contributed by atoms with E-state index in [2.05, 4.69) is 10.3 Å². The van der Waals surface area contributed by atoms with Crippen molar-refractivity contribution in [1.29, 1.82) is 0 Å². The highest BCUT2D eigenvalue weighted by Crippen LogP contribution is 2.16. The summed E-state index contributed by atoms with van der Waals surface area (Å²) in [5.74, 6) is -1.55. The Morgan fingerprint density at radius 3 is 2.43 bits per heavy atom. The summed E-state index contributed by atoms with van der Waals surface area (Å²) in [5.41, 5.74) is 0.387. The van der Waals surface area contributed by atoms with E-state index in [-0.39, 0.29) is 12.1 Å². The molecule has 0 saturated heterocycles. The predicted molar refractivity (Wildman–Crippen MR) is 76.0 cm³/mol. The van der Waals surface area contributed by atoms with Crippen molar-refractivity contribution < 1.29 is 14.7 Å². The van der Waals surface area contributed by atoms with Crippen molar-refractivity contribution in [2.45, 2.75) is 12.5 Å². The first-order valence-corrected chi connectivity index (χ1v) is 6.33. The molecule has 0 fully saturated rings. The molecular weight excluding hydrogens is 272 g/mol. The number of amides is 1. The van der Waals surface area contributed by atoms with E-state index in [9.17, 15) is 14.4 Å². The standard InChI is InChI=1S/C15H14N2O4/c18-13-8-4-7-11(16-13)15(21)17-12(9-14(19)20)10-5-2-1-3-6-10/h1-8,12H,9H2,(H,16,18)(H,17,21)(H,19,20).